The maximum absolute atomic E-state index is 12.6. The fraction of sp³-hybridized carbons (Fsp3) is 0.476. The van der Waals surface area contributed by atoms with Gasteiger partial charge >= 0.3 is 0 Å². The number of hydrogen-bond acceptors (Lipinski definition) is 4. The molecule has 3 heterocycles. The van der Waals surface area contributed by atoms with Crippen molar-refractivity contribution in [2.24, 2.45) is 0 Å². The Kier molecular flexibility index (Phi) is 5.68. The second-order valence-electron chi connectivity index (χ2n) is 7.26. The first kappa shape index (κ1) is 17.7. The van der Waals surface area contributed by atoms with Crippen LogP contribution in [-0.2, 0) is 17.8 Å². The monoisotopic (exact) mass is 369 g/mol. The van der Waals surface area contributed by atoms with E-state index in [4.69, 9.17) is 0 Å². The Hall–Kier alpha value is -1.69. The van der Waals surface area contributed by atoms with Crippen molar-refractivity contribution in [1.82, 2.24) is 15.5 Å². The molecular weight excluding hydrogens is 342 g/mol. The number of hydrogen-bond donors (Lipinski definition) is 2. The van der Waals surface area contributed by atoms with E-state index in [0.29, 0.717) is 6.54 Å². The van der Waals surface area contributed by atoms with Crippen LogP contribution in [0.1, 0.15) is 41.3 Å². The molecule has 0 aliphatic carbocycles. The summed E-state index contributed by atoms with van der Waals surface area (Å²) in [5, 5.41) is 8.77. The van der Waals surface area contributed by atoms with E-state index in [1.807, 2.05) is 11.3 Å². The van der Waals surface area contributed by atoms with Gasteiger partial charge in [0.25, 0.3) is 0 Å². The molecule has 0 radical (unpaired) electrons. The molecular formula is C21H27N3OS. The summed E-state index contributed by atoms with van der Waals surface area (Å²) in [4.78, 5) is 16.6. The van der Waals surface area contributed by atoms with Crippen LogP contribution in [0.4, 0.5) is 0 Å². The van der Waals surface area contributed by atoms with Crippen molar-refractivity contribution >= 4 is 17.2 Å². The van der Waals surface area contributed by atoms with E-state index in [1.54, 1.807) is 0 Å². The average molecular weight is 370 g/mol. The Morgan fingerprint density at radius 3 is 2.96 bits per heavy atom. The quantitative estimate of drug-likeness (QED) is 0.851. The first-order chi connectivity index (χ1) is 12.8. The molecule has 1 fully saturated rings. The van der Waals surface area contributed by atoms with Crippen LogP contribution in [0.5, 0.6) is 0 Å². The van der Waals surface area contributed by atoms with Gasteiger partial charge < -0.3 is 10.6 Å². The third-order valence-electron chi connectivity index (χ3n) is 5.56. The Morgan fingerprint density at radius 2 is 2.15 bits per heavy atom. The zero-order valence-corrected chi connectivity index (χ0v) is 15.9. The largest absolute Gasteiger partial charge is 0.353 e. The molecule has 0 saturated carbocycles. The van der Waals surface area contributed by atoms with Crippen LogP contribution in [0.2, 0.25) is 0 Å². The van der Waals surface area contributed by atoms with Gasteiger partial charge in [-0.1, -0.05) is 36.8 Å². The summed E-state index contributed by atoms with van der Waals surface area (Å²) in [6.07, 6.45) is 4.37. The third kappa shape index (κ3) is 4.00. The molecule has 1 aromatic heterocycles. The van der Waals surface area contributed by atoms with Gasteiger partial charge in [0.15, 0.2) is 0 Å². The van der Waals surface area contributed by atoms with E-state index < -0.39 is 0 Å². The van der Waals surface area contributed by atoms with Crippen molar-refractivity contribution in [3.05, 3.63) is 57.8 Å². The second-order valence-corrected chi connectivity index (χ2v) is 8.26. The van der Waals surface area contributed by atoms with E-state index >= 15 is 0 Å². The summed E-state index contributed by atoms with van der Waals surface area (Å²) in [6, 6.07) is 13.0. The minimum Gasteiger partial charge on any atom is -0.353 e. The lowest BCUT2D eigenvalue weighted by atomic mass is 10.0. The number of nitrogens with one attached hydrogen (secondary N) is 2. The molecule has 138 valence electrons. The highest BCUT2D eigenvalue weighted by Gasteiger charge is 2.27. The molecule has 2 unspecified atom stereocenters. The van der Waals surface area contributed by atoms with Crippen molar-refractivity contribution in [3.63, 3.8) is 0 Å². The van der Waals surface area contributed by atoms with E-state index in [-0.39, 0.29) is 18.0 Å². The van der Waals surface area contributed by atoms with Crippen molar-refractivity contribution in [3.8, 4) is 0 Å². The van der Waals surface area contributed by atoms with Gasteiger partial charge in [0, 0.05) is 24.5 Å². The molecule has 1 aromatic carbocycles. The Morgan fingerprint density at radius 1 is 1.27 bits per heavy atom. The van der Waals surface area contributed by atoms with Crippen LogP contribution < -0.4 is 10.6 Å². The van der Waals surface area contributed by atoms with Gasteiger partial charge in [-0.05, 0) is 48.4 Å². The van der Waals surface area contributed by atoms with Crippen molar-refractivity contribution in [1.29, 1.82) is 0 Å². The van der Waals surface area contributed by atoms with E-state index in [9.17, 15) is 4.79 Å². The van der Waals surface area contributed by atoms with Gasteiger partial charge in [-0.25, -0.2) is 0 Å². The molecule has 2 atom stereocenters. The minimum absolute atomic E-state index is 0.0231. The van der Waals surface area contributed by atoms with Gasteiger partial charge in [-0.3, -0.25) is 9.69 Å². The number of carbonyl (C=O) groups excluding carboxylic acids is 1. The number of amides is 1. The number of rotatable bonds is 5. The minimum atomic E-state index is -0.0231. The Labute approximate surface area is 159 Å². The summed E-state index contributed by atoms with van der Waals surface area (Å²) in [5.74, 6) is 0.152. The lowest BCUT2D eigenvalue weighted by Gasteiger charge is -2.35. The maximum Gasteiger partial charge on any atom is 0.237 e. The number of benzene rings is 1. The molecule has 2 N–H and O–H groups in total. The molecule has 4 nitrogen and oxygen atoms in total. The van der Waals surface area contributed by atoms with Gasteiger partial charge in [-0.15, -0.1) is 11.3 Å². The van der Waals surface area contributed by atoms with Crippen LogP contribution >= 0.6 is 11.3 Å². The molecule has 2 aliphatic rings. The predicted octanol–water partition coefficient (Wildman–Crippen LogP) is 3.11. The molecule has 2 aromatic rings. The van der Waals surface area contributed by atoms with Crippen LogP contribution in [-0.4, -0.2) is 36.5 Å². The molecule has 4 rings (SSSR count). The maximum atomic E-state index is 12.6. The number of thiophene rings is 1. The molecule has 26 heavy (non-hydrogen) atoms. The normalized spacial score (nSPS) is 21.8. The third-order valence-corrected chi connectivity index (χ3v) is 6.58. The van der Waals surface area contributed by atoms with Crippen molar-refractivity contribution < 1.29 is 4.79 Å². The van der Waals surface area contributed by atoms with Gasteiger partial charge in [0.2, 0.25) is 5.91 Å². The van der Waals surface area contributed by atoms with Gasteiger partial charge in [-0.2, -0.15) is 0 Å². The van der Waals surface area contributed by atoms with Crippen molar-refractivity contribution in [2.45, 2.75) is 44.3 Å². The van der Waals surface area contributed by atoms with Crippen LogP contribution in [0.15, 0.2) is 41.8 Å². The van der Waals surface area contributed by atoms with Crippen LogP contribution in [0.3, 0.4) is 0 Å². The standard InChI is InChI=1S/C21H27N3OS/c25-21(18-8-4-5-11-22-18)23-14-19(16-6-2-1-3-7-16)24-12-9-20-17(15-24)10-13-26-20/h1-3,6-7,10,13,18-19,22H,4-5,8-9,11-12,14-15H2,(H,23,25). The zero-order valence-electron chi connectivity index (χ0n) is 15.1. The predicted molar refractivity (Wildman–Crippen MR) is 106 cm³/mol. The second kappa shape index (κ2) is 8.33. The molecule has 1 saturated heterocycles. The smallest absolute Gasteiger partial charge is 0.237 e. The first-order valence-electron chi connectivity index (χ1n) is 9.66. The number of carbonyl (C=O) groups is 1. The summed E-state index contributed by atoms with van der Waals surface area (Å²) in [7, 11) is 0. The summed E-state index contributed by atoms with van der Waals surface area (Å²) in [5.41, 5.74) is 2.73. The summed E-state index contributed by atoms with van der Waals surface area (Å²) in [6.45, 7) is 3.63. The number of fused-ring (bicyclic) bond motifs is 1. The fourth-order valence-corrected chi connectivity index (χ4v) is 4.96. The average Bonchev–Trinajstić information content (AvgIpc) is 3.17. The van der Waals surface area contributed by atoms with E-state index in [2.05, 4.69) is 57.3 Å². The van der Waals surface area contributed by atoms with Gasteiger partial charge in [0.1, 0.15) is 0 Å². The summed E-state index contributed by atoms with van der Waals surface area (Å²) >= 11 is 1.87. The number of nitrogens with zero attached hydrogens (tertiary/aromatic N) is 1. The van der Waals surface area contributed by atoms with Gasteiger partial charge in [0.05, 0.1) is 12.1 Å². The zero-order chi connectivity index (χ0) is 17.8. The van der Waals surface area contributed by atoms with Crippen LogP contribution in [0.25, 0.3) is 0 Å². The molecule has 2 aliphatic heterocycles. The van der Waals surface area contributed by atoms with E-state index in [1.165, 1.54) is 22.4 Å². The topological polar surface area (TPSA) is 44.4 Å². The summed E-state index contributed by atoms with van der Waals surface area (Å²) < 4.78 is 0. The highest BCUT2D eigenvalue weighted by atomic mass is 32.1. The lowest BCUT2D eigenvalue weighted by Crippen LogP contribution is -2.49. The Balaban J connectivity index is 1.46. The molecule has 0 bridgehead atoms. The molecule has 0 spiro atoms. The molecule has 1 amide bonds. The Bertz CT molecular complexity index is 724. The lowest BCUT2D eigenvalue weighted by molar-refractivity contribution is -0.123. The highest BCUT2D eigenvalue weighted by Crippen LogP contribution is 2.30. The van der Waals surface area contributed by atoms with Crippen molar-refractivity contribution in [2.75, 3.05) is 19.6 Å². The van der Waals surface area contributed by atoms with E-state index in [0.717, 1.165) is 38.9 Å². The molecule has 5 heteroatoms. The first-order valence-corrected chi connectivity index (χ1v) is 10.5. The van der Waals surface area contributed by atoms with Crippen LogP contribution in [0, 0.1) is 0 Å². The highest BCUT2D eigenvalue weighted by molar-refractivity contribution is 7.10. The SMILES string of the molecule is O=C(NCC(c1ccccc1)N1CCc2sccc2C1)C1CCCCN1. The fourth-order valence-electron chi connectivity index (χ4n) is 4.07. The number of piperidine rings is 1.